The summed E-state index contributed by atoms with van der Waals surface area (Å²) in [4.78, 5) is 29.0. The van der Waals surface area contributed by atoms with Crippen molar-refractivity contribution in [1.29, 1.82) is 0 Å². The van der Waals surface area contributed by atoms with Crippen molar-refractivity contribution < 1.29 is 14.3 Å². The van der Waals surface area contributed by atoms with E-state index in [2.05, 4.69) is 46.7 Å². The normalized spacial score (nSPS) is 18.3. The van der Waals surface area contributed by atoms with Crippen molar-refractivity contribution in [2.45, 2.75) is 38.8 Å². The molecule has 5 rings (SSSR count). The van der Waals surface area contributed by atoms with Crippen LogP contribution in [0, 0.1) is 12.8 Å². The number of benzene rings is 2. The molecule has 2 aliphatic rings. The van der Waals surface area contributed by atoms with Crippen molar-refractivity contribution >= 4 is 50.5 Å². The fraction of sp³-hybridized carbons (Fsp3) is 0.385. The number of carbonyl (C=O) groups is 2. The summed E-state index contributed by atoms with van der Waals surface area (Å²) < 4.78 is 6.77. The highest BCUT2D eigenvalue weighted by Gasteiger charge is 2.31. The van der Waals surface area contributed by atoms with Crippen LogP contribution in [-0.2, 0) is 11.3 Å². The van der Waals surface area contributed by atoms with Crippen LogP contribution in [0.3, 0.4) is 0 Å². The molecule has 1 saturated carbocycles. The molecule has 1 atom stereocenters. The van der Waals surface area contributed by atoms with E-state index < -0.39 is 0 Å². The maximum Gasteiger partial charge on any atom is 0.255 e. The van der Waals surface area contributed by atoms with Gasteiger partial charge < -0.3 is 15.4 Å². The monoisotopic (exact) mass is 497 g/mol. The predicted octanol–water partition coefficient (Wildman–Crippen LogP) is 5.22. The van der Waals surface area contributed by atoms with Crippen LogP contribution >= 0.6 is 22.9 Å². The molecule has 1 aliphatic carbocycles. The third kappa shape index (κ3) is 4.78. The number of amides is 2. The summed E-state index contributed by atoms with van der Waals surface area (Å²) in [6.07, 6.45) is 2.70. The van der Waals surface area contributed by atoms with Crippen molar-refractivity contribution in [1.82, 2.24) is 10.2 Å². The number of rotatable bonds is 7. The summed E-state index contributed by atoms with van der Waals surface area (Å²) in [6, 6.07) is 11.8. The van der Waals surface area contributed by atoms with Crippen LogP contribution in [0.1, 0.15) is 40.1 Å². The molecule has 178 valence electrons. The second kappa shape index (κ2) is 9.56. The van der Waals surface area contributed by atoms with Gasteiger partial charge in [0.2, 0.25) is 5.91 Å². The van der Waals surface area contributed by atoms with Crippen molar-refractivity contribution in [3.8, 4) is 5.75 Å². The lowest BCUT2D eigenvalue weighted by atomic mass is 10.1. The van der Waals surface area contributed by atoms with Crippen LogP contribution < -0.4 is 15.4 Å². The number of ether oxygens (including phenoxy) is 1. The minimum Gasteiger partial charge on any atom is -0.496 e. The van der Waals surface area contributed by atoms with Crippen molar-refractivity contribution in [2.24, 2.45) is 5.92 Å². The number of hydrogen-bond acceptors (Lipinski definition) is 5. The molecule has 2 fully saturated rings. The van der Waals surface area contributed by atoms with Crippen molar-refractivity contribution in [3.05, 3.63) is 57.4 Å². The number of anilines is 1. The third-order valence-electron chi connectivity index (χ3n) is 6.66. The SMILES string of the molecule is COc1cc(NC(=O)C2CC2)c(Cl)cc1C(=O)N[C@H]1CCN(Cc2sc3ccccc3c2C)C1. The average molecular weight is 498 g/mol. The number of halogens is 1. The van der Waals surface area contributed by atoms with Crippen LogP contribution in [0.15, 0.2) is 36.4 Å². The number of likely N-dealkylation sites (tertiary alicyclic amines) is 1. The highest BCUT2D eigenvalue weighted by atomic mass is 35.5. The standard InChI is InChI=1S/C26H28ClN3O3S/c1-15-18-5-3-4-6-23(18)34-24(15)14-30-10-9-17(13-30)28-26(32)19-11-20(27)21(12-22(19)33-2)29-25(31)16-7-8-16/h3-6,11-12,16-17H,7-10,13-14H2,1-2H3,(H,28,32)(H,29,31)/t17-/m0/s1. The second-order valence-electron chi connectivity index (χ2n) is 9.14. The van der Waals surface area contributed by atoms with Gasteiger partial charge in [-0.1, -0.05) is 29.8 Å². The topological polar surface area (TPSA) is 70.7 Å². The summed E-state index contributed by atoms with van der Waals surface area (Å²) in [5.41, 5.74) is 2.19. The summed E-state index contributed by atoms with van der Waals surface area (Å²) in [6.45, 7) is 4.81. The van der Waals surface area contributed by atoms with E-state index in [4.69, 9.17) is 16.3 Å². The predicted molar refractivity (Wildman–Crippen MR) is 137 cm³/mol. The average Bonchev–Trinajstić information content (AvgIpc) is 3.53. The van der Waals surface area contributed by atoms with Gasteiger partial charge >= 0.3 is 0 Å². The first-order valence-corrected chi connectivity index (χ1v) is 12.8. The molecule has 0 radical (unpaired) electrons. The fourth-order valence-electron chi connectivity index (χ4n) is 4.51. The van der Waals surface area contributed by atoms with Gasteiger partial charge in [-0.2, -0.15) is 0 Å². The summed E-state index contributed by atoms with van der Waals surface area (Å²) in [5, 5.41) is 7.63. The molecule has 0 spiro atoms. The Balaban J connectivity index is 1.23. The summed E-state index contributed by atoms with van der Waals surface area (Å²) >= 11 is 8.24. The van der Waals surface area contributed by atoms with Gasteiger partial charge in [0.1, 0.15) is 5.75 Å². The third-order valence-corrected chi connectivity index (χ3v) is 8.23. The zero-order chi connectivity index (χ0) is 23.8. The molecule has 0 bridgehead atoms. The highest BCUT2D eigenvalue weighted by molar-refractivity contribution is 7.19. The Bertz CT molecular complexity index is 1250. The van der Waals surface area contributed by atoms with Crippen molar-refractivity contribution in [2.75, 3.05) is 25.5 Å². The molecule has 8 heteroatoms. The molecule has 1 saturated heterocycles. The van der Waals surface area contributed by atoms with E-state index in [9.17, 15) is 9.59 Å². The van der Waals surface area contributed by atoms with Crippen LogP contribution in [0.25, 0.3) is 10.1 Å². The van der Waals surface area contributed by atoms with E-state index in [1.165, 1.54) is 27.6 Å². The van der Waals surface area contributed by atoms with Crippen LogP contribution in [0.4, 0.5) is 5.69 Å². The Morgan fingerprint density at radius 2 is 2.00 bits per heavy atom. The number of nitrogens with zero attached hydrogens (tertiary/aromatic N) is 1. The van der Waals surface area contributed by atoms with Gasteiger partial charge in [0.15, 0.2) is 0 Å². The van der Waals surface area contributed by atoms with E-state index in [0.29, 0.717) is 22.0 Å². The van der Waals surface area contributed by atoms with Gasteiger partial charge in [-0.3, -0.25) is 14.5 Å². The minimum atomic E-state index is -0.219. The molecule has 2 heterocycles. The quantitative estimate of drug-likeness (QED) is 0.469. The zero-order valence-electron chi connectivity index (χ0n) is 19.3. The second-order valence-corrected chi connectivity index (χ2v) is 10.7. The van der Waals surface area contributed by atoms with Gasteiger partial charge in [0, 0.05) is 47.2 Å². The lowest BCUT2D eigenvalue weighted by Crippen LogP contribution is -2.37. The van der Waals surface area contributed by atoms with Gasteiger partial charge in [-0.05, 0) is 49.3 Å². The Morgan fingerprint density at radius 3 is 2.74 bits per heavy atom. The first kappa shape index (κ1) is 23.1. The zero-order valence-corrected chi connectivity index (χ0v) is 20.9. The summed E-state index contributed by atoms with van der Waals surface area (Å²) in [5.74, 6) is 0.195. The summed E-state index contributed by atoms with van der Waals surface area (Å²) in [7, 11) is 1.51. The molecule has 2 aromatic carbocycles. The van der Waals surface area contributed by atoms with Crippen LogP contribution in [0.5, 0.6) is 5.75 Å². The lowest BCUT2D eigenvalue weighted by Gasteiger charge is -2.18. The highest BCUT2D eigenvalue weighted by Crippen LogP contribution is 2.35. The Hall–Kier alpha value is -2.61. The van der Waals surface area contributed by atoms with Crippen LogP contribution in [0.2, 0.25) is 5.02 Å². The molecular weight excluding hydrogens is 470 g/mol. The number of methoxy groups -OCH3 is 1. The van der Waals surface area contributed by atoms with Gasteiger partial charge in [0.25, 0.3) is 5.91 Å². The number of fused-ring (bicyclic) bond motifs is 1. The minimum absolute atomic E-state index is 0.0407. The van der Waals surface area contributed by atoms with E-state index in [-0.39, 0.29) is 23.8 Å². The lowest BCUT2D eigenvalue weighted by molar-refractivity contribution is -0.117. The Kier molecular flexibility index (Phi) is 6.51. The largest absolute Gasteiger partial charge is 0.496 e. The molecular formula is C26H28ClN3O3S. The number of thiophene rings is 1. The maximum absolute atomic E-state index is 13.1. The first-order chi connectivity index (χ1) is 16.4. The molecule has 2 amide bonds. The van der Waals surface area contributed by atoms with Crippen molar-refractivity contribution in [3.63, 3.8) is 0 Å². The molecule has 2 N–H and O–H groups in total. The number of hydrogen-bond donors (Lipinski definition) is 2. The molecule has 1 aromatic heterocycles. The molecule has 1 aliphatic heterocycles. The van der Waals surface area contributed by atoms with Gasteiger partial charge in [0.05, 0.1) is 23.4 Å². The number of aryl methyl sites for hydroxylation is 1. The Morgan fingerprint density at radius 1 is 1.21 bits per heavy atom. The van der Waals surface area contributed by atoms with Gasteiger partial charge in [-0.15, -0.1) is 11.3 Å². The maximum atomic E-state index is 13.1. The van der Waals surface area contributed by atoms with Gasteiger partial charge in [-0.25, -0.2) is 0 Å². The molecule has 0 unspecified atom stereocenters. The Labute approximate surface area is 208 Å². The molecule has 3 aromatic rings. The van der Waals surface area contributed by atoms with E-state index in [0.717, 1.165) is 38.9 Å². The van der Waals surface area contributed by atoms with E-state index in [1.807, 2.05) is 11.3 Å². The van der Waals surface area contributed by atoms with E-state index >= 15 is 0 Å². The number of nitrogens with one attached hydrogen (secondary N) is 2. The first-order valence-electron chi connectivity index (χ1n) is 11.6. The van der Waals surface area contributed by atoms with Crippen LogP contribution in [-0.4, -0.2) is 43.0 Å². The smallest absolute Gasteiger partial charge is 0.255 e. The fourth-order valence-corrected chi connectivity index (χ4v) is 5.98. The molecule has 34 heavy (non-hydrogen) atoms. The van der Waals surface area contributed by atoms with E-state index in [1.54, 1.807) is 12.1 Å². The number of carbonyl (C=O) groups excluding carboxylic acids is 2. The molecule has 6 nitrogen and oxygen atoms in total.